The molecule has 5 nitrogen and oxygen atoms in total. The molecule has 128 valence electrons. The molecule has 0 amide bonds. The Balaban J connectivity index is 0.00000312. The summed E-state index contributed by atoms with van der Waals surface area (Å²) in [5.74, 6) is 0.248. The van der Waals surface area contributed by atoms with E-state index >= 15 is 0 Å². The van der Waals surface area contributed by atoms with Gasteiger partial charge >= 0.3 is 18.9 Å². The van der Waals surface area contributed by atoms with Crippen molar-refractivity contribution in [3.05, 3.63) is 60.2 Å². The van der Waals surface area contributed by atoms with Gasteiger partial charge in [-0.2, -0.15) is 0 Å². The largest absolute Gasteiger partial charge is 1.00 e. The monoisotopic (exact) mass is 335 g/mol. The number of benzene rings is 2. The number of hydrogen-bond acceptors (Lipinski definition) is 5. The average molecular weight is 335 g/mol. The Morgan fingerprint density at radius 1 is 1.08 bits per heavy atom. The van der Waals surface area contributed by atoms with Crippen LogP contribution in [0.4, 0.5) is 0 Å². The molecule has 0 saturated carbocycles. The van der Waals surface area contributed by atoms with Gasteiger partial charge in [-0.1, -0.05) is 42.5 Å². The topological polar surface area (TPSA) is 61.8 Å². The molecule has 0 aromatic heterocycles. The van der Waals surface area contributed by atoms with Crippen molar-refractivity contribution in [2.45, 2.75) is 12.5 Å². The van der Waals surface area contributed by atoms with Crippen LogP contribution < -0.4 is 33.4 Å². The minimum atomic E-state index is -1.08. The van der Waals surface area contributed by atoms with Crippen molar-refractivity contribution >= 4 is 5.97 Å². The summed E-state index contributed by atoms with van der Waals surface area (Å²) in [5.41, 5.74) is 1.03. The van der Waals surface area contributed by atoms with Crippen LogP contribution >= 0.6 is 0 Å². The molecule has 0 radical (unpaired) electrons. The van der Waals surface area contributed by atoms with Gasteiger partial charge < -0.3 is 24.3 Å². The number of carboxylic acids is 1. The smallest absolute Gasteiger partial charge is 0.549 e. The summed E-state index contributed by atoms with van der Waals surface area (Å²) < 4.78 is 11.5. The van der Waals surface area contributed by atoms with E-state index in [0.29, 0.717) is 24.5 Å². The van der Waals surface area contributed by atoms with Gasteiger partial charge in [0.15, 0.2) is 11.5 Å². The second-order valence-electron chi connectivity index (χ2n) is 5.57. The number of carbonyl (C=O) groups excluding carboxylic acids is 1. The van der Waals surface area contributed by atoms with Gasteiger partial charge in [0.2, 0.25) is 0 Å². The first-order valence-corrected chi connectivity index (χ1v) is 7.83. The van der Waals surface area contributed by atoms with Gasteiger partial charge in [-0.3, -0.25) is 0 Å². The normalized spacial score (nSPS) is 11.5. The quantitative estimate of drug-likeness (QED) is 0.544. The van der Waals surface area contributed by atoms with Crippen molar-refractivity contribution in [1.29, 1.82) is 0 Å². The van der Waals surface area contributed by atoms with Crippen LogP contribution in [0.15, 0.2) is 54.6 Å². The molecule has 0 N–H and O–H groups in total. The van der Waals surface area contributed by atoms with Gasteiger partial charge in [0.05, 0.1) is 13.1 Å². The van der Waals surface area contributed by atoms with E-state index in [-0.39, 0.29) is 31.5 Å². The molecular weight excluding hydrogens is 313 g/mol. The van der Waals surface area contributed by atoms with Crippen LogP contribution in [-0.2, 0) is 4.79 Å². The number of carboxylic acid groups (broad SMARTS) is 1. The maximum atomic E-state index is 10.7. The Morgan fingerprint density at radius 2 is 1.68 bits per heavy atom. The van der Waals surface area contributed by atoms with E-state index in [9.17, 15) is 9.90 Å². The fraction of sp³-hybridized carbons (Fsp3) is 0.316. The number of hydrogen-bond donors (Lipinski definition) is 0. The number of methoxy groups -OCH3 is 1. The summed E-state index contributed by atoms with van der Waals surface area (Å²) in [5, 5.41) is 10.7. The first-order valence-electron chi connectivity index (χ1n) is 7.83. The second-order valence-corrected chi connectivity index (χ2v) is 5.57. The maximum absolute atomic E-state index is 10.7. The number of likely N-dealkylation sites (N-methyl/N-ethyl adjacent to an activating group) is 1. The van der Waals surface area contributed by atoms with E-state index < -0.39 is 5.97 Å². The van der Waals surface area contributed by atoms with Crippen LogP contribution in [-0.4, -0.2) is 38.1 Å². The first kappa shape index (κ1) is 21.1. The molecule has 1 atom stereocenters. The van der Waals surface area contributed by atoms with Crippen molar-refractivity contribution in [2.75, 3.05) is 27.2 Å². The van der Waals surface area contributed by atoms with E-state index in [1.54, 1.807) is 19.1 Å². The van der Waals surface area contributed by atoms with E-state index in [1.807, 2.05) is 54.6 Å². The number of nitrogens with zero attached hydrogens (tertiary/aromatic N) is 1. The van der Waals surface area contributed by atoms with Gasteiger partial charge in [0.25, 0.3) is 0 Å². The number of carbonyl (C=O) groups is 1. The first-order chi connectivity index (χ1) is 11.6. The Hall–Kier alpha value is -1.93. The van der Waals surface area contributed by atoms with Crippen LogP contribution in [0.25, 0.3) is 0 Å². The van der Waals surface area contributed by atoms with Crippen molar-refractivity contribution < 1.29 is 38.2 Å². The summed E-state index contributed by atoms with van der Waals surface area (Å²) in [6.45, 7) is 0.471. The van der Waals surface area contributed by atoms with Gasteiger partial charge in [0.1, 0.15) is 6.10 Å². The number of para-hydroxylation sites is 2. The van der Waals surface area contributed by atoms with Gasteiger partial charge in [-0.05, 0) is 24.7 Å². The SMILES string of the molecule is COc1ccccc1O[C@@H](CCN(C)CC(=O)[O-])c1ccccc1.[Li+]. The van der Waals surface area contributed by atoms with E-state index in [0.717, 1.165) is 5.56 Å². The molecule has 0 bridgehead atoms. The van der Waals surface area contributed by atoms with Crippen LogP contribution in [0.1, 0.15) is 18.1 Å². The van der Waals surface area contributed by atoms with E-state index in [2.05, 4.69) is 0 Å². The zero-order valence-corrected chi connectivity index (χ0v) is 15.0. The fourth-order valence-electron chi connectivity index (χ4n) is 2.47. The van der Waals surface area contributed by atoms with Crippen LogP contribution in [0.2, 0.25) is 0 Å². The summed E-state index contributed by atoms with van der Waals surface area (Å²) in [6.07, 6.45) is 0.443. The third-order valence-electron chi connectivity index (χ3n) is 3.68. The van der Waals surface area contributed by atoms with Crippen molar-refractivity contribution in [2.24, 2.45) is 0 Å². The molecule has 0 aliphatic carbocycles. The molecule has 25 heavy (non-hydrogen) atoms. The van der Waals surface area contributed by atoms with Crippen LogP contribution in [0, 0.1) is 0 Å². The maximum Gasteiger partial charge on any atom is 1.00 e. The summed E-state index contributed by atoms with van der Waals surface area (Å²) >= 11 is 0. The van der Waals surface area contributed by atoms with Gasteiger partial charge in [-0.25, -0.2) is 0 Å². The van der Waals surface area contributed by atoms with Crippen molar-refractivity contribution in [3.63, 3.8) is 0 Å². The molecule has 0 spiro atoms. The van der Waals surface area contributed by atoms with Crippen LogP contribution in [0.3, 0.4) is 0 Å². The molecule has 0 heterocycles. The molecular formula is C19H22LiNO4. The molecule has 2 aromatic rings. The standard InChI is InChI=1S/C19H23NO4.Li/c1-20(14-19(21)22)13-12-16(15-8-4-3-5-9-15)24-18-11-7-6-10-17(18)23-2;/h3-11,16H,12-14H2,1-2H3,(H,21,22);/q;+1/p-1/t16-;/m0./s1. The summed E-state index contributed by atoms with van der Waals surface area (Å²) in [7, 11) is 3.36. The Labute approximate surface area is 160 Å². The zero-order valence-electron chi connectivity index (χ0n) is 15.0. The Morgan fingerprint density at radius 3 is 2.28 bits per heavy atom. The third-order valence-corrected chi connectivity index (χ3v) is 3.68. The van der Waals surface area contributed by atoms with Gasteiger partial charge in [0, 0.05) is 19.5 Å². The molecule has 0 fully saturated rings. The second kappa shape index (κ2) is 10.8. The fourth-order valence-corrected chi connectivity index (χ4v) is 2.47. The molecule has 0 unspecified atom stereocenters. The molecule has 6 heteroatoms. The number of ether oxygens (including phenoxy) is 2. The predicted molar refractivity (Wildman–Crippen MR) is 89.9 cm³/mol. The zero-order chi connectivity index (χ0) is 17.4. The van der Waals surface area contributed by atoms with Crippen molar-refractivity contribution in [3.8, 4) is 11.5 Å². The molecule has 0 aliphatic rings. The van der Waals surface area contributed by atoms with Gasteiger partial charge in [-0.15, -0.1) is 0 Å². The minimum absolute atomic E-state index is 0. The molecule has 0 saturated heterocycles. The average Bonchev–Trinajstić information content (AvgIpc) is 2.59. The Kier molecular flexibility index (Phi) is 9.15. The van der Waals surface area contributed by atoms with E-state index in [4.69, 9.17) is 9.47 Å². The molecule has 2 aromatic carbocycles. The molecule has 0 aliphatic heterocycles. The van der Waals surface area contributed by atoms with E-state index in [1.165, 1.54) is 0 Å². The minimum Gasteiger partial charge on any atom is -0.549 e. The predicted octanol–water partition coefficient (Wildman–Crippen LogP) is -1.11. The van der Waals surface area contributed by atoms with Crippen molar-refractivity contribution in [1.82, 2.24) is 4.90 Å². The van der Waals surface area contributed by atoms with Crippen LogP contribution in [0.5, 0.6) is 11.5 Å². The number of rotatable bonds is 9. The molecule has 2 rings (SSSR count). The third kappa shape index (κ3) is 6.83. The number of aliphatic carboxylic acids is 1. The summed E-state index contributed by atoms with van der Waals surface area (Å²) in [6, 6.07) is 17.3. The summed E-state index contributed by atoms with van der Waals surface area (Å²) in [4.78, 5) is 12.4. The Bertz CT molecular complexity index is 651.